The van der Waals surface area contributed by atoms with Crippen LogP contribution in [0.1, 0.15) is 39.5 Å². The van der Waals surface area contributed by atoms with Gasteiger partial charge in [-0.05, 0) is 12.8 Å². The molecule has 0 aromatic carbocycles. The maximum atomic E-state index is 13.5. The Bertz CT molecular complexity index is 594. The highest BCUT2D eigenvalue weighted by Crippen LogP contribution is 2.48. The number of hydrogen-bond acceptors (Lipinski definition) is 5. The average Bonchev–Trinajstić information content (AvgIpc) is 2.25. The maximum Gasteiger partial charge on any atom is 0.330 e. The number of nitrogens with zero attached hydrogens (tertiary/aromatic N) is 3. The summed E-state index contributed by atoms with van der Waals surface area (Å²) in [6.07, 6.45) is 3.14. The molecule has 0 aromatic rings. The van der Waals surface area contributed by atoms with E-state index in [4.69, 9.17) is 0 Å². The van der Waals surface area contributed by atoms with Crippen molar-refractivity contribution < 1.29 is 16.2 Å². The van der Waals surface area contributed by atoms with Crippen molar-refractivity contribution in [2.24, 2.45) is 12.1 Å². The van der Waals surface area contributed by atoms with Crippen LogP contribution in [0.5, 0.6) is 0 Å². The van der Waals surface area contributed by atoms with Crippen LogP contribution in [0.2, 0.25) is 0 Å². The van der Waals surface area contributed by atoms with Crippen molar-refractivity contribution in [1.82, 2.24) is 10.2 Å². The third-order valence-electron chi connectivity index (χ3n) is 2.35. The normalized spacial score (nSPS) is 32.0. The molecule has 0 aliphatic carbocycles. The highest BCUT2D eigenvalue weighted by molar-refractivity contribution is 8.04. The Kier molecular flexibility index (Phi) is 6.52. The summed E-state index contributed by atoms with van der Waals surface area (Å²) in [4.78, 5) is 0. The van der Waals surface area contributed by atoms with Crippen LogP contribution in [0.3, 0.4) is 0 Å². The number of halogens is 2. The van der Waals surface area contributed by atoms with Gasteiger partial charge in [-0.1, -0.05) is 30.5 Å². The summed E-state index contributed by atoms with van der Waals surface area (Å²) in [7, 11) is -12.7. The van der Waals surface area contributed by atoms with Crippen LogP contribution < -0.4 is 10.2 Å². The molecule has 1 aliphatic heterocycles. The molecule has 0 unspecified atom stereocenters. The van der Waals surface area contributed by atoms with Crippen LogP contribution in [-0.2, 0) is 20.6 Å². The average molecular weight is 351 g/mol. The minimum absolute atomic E-state index is 0.376. The first-order chi connectivity index (χ1) is 9.24. The van der Waals surface area contributed by atoms with Gasteiger partial charge in [-0.2, -0.15) is 8.42 Å². The zero-order chi connectivity index (χ0) is 15.3. The maximum absolute atomic E-state index is 13.5. The molecule has 1 aliphatic rings. The van der Waals surface area contributed by atoms with Crippen molar-refractivity contribution in [3.05, 3.63) is 0 Å². The summed E-state index contributed by atoms with van der Waals surface area (Å²) in [5.74, 6) is 0. The van der Waals surface area contributed by atoms with E-state index in [9.17, 15) is 16.2 Å². The van der Waals surface area contributed by atoms with Crippen molar-refractivity contribution in [3.8, 4) is 0 Å². The summed E-state index contributed by atoms with van der Waals surface area (Å²) < 4.78 is 59.0. The van der Waals surface area contributed by atoms with Crippen LogP contribution in [-0.4, -0.2) is 21.5 Å². The number of rotatable bonds is 8. The molecule has 0 aromatic heterocycles. The van der Waals surface area contributed by atoms with Gasteiger partial charge >= 0.3 is 20.6 Å². The SMILES string of the molecule is CCCCNP1(NCCCC)=N[S@](=O)(F)=N[S@](=O)(F)=N1. The quantitative estimate of drug-likeness (QED) is 0.399. The summed E-state index contributed by atoms with van der Waals surface area (Å²) in [6, 6.07) is 0. The molecule has 1 rings (SSSR count). The molecule has 0 amide bonds. The first-order valence-corrected chi connectivity index (χ1v) is 10.8. The molecule has 0 bridgehead atoms. The lowest BCUT2D eigenvalue weighted by molar-refractivity contribution is 0.630. The minimum Gasteiger partial charge on any atom is -0.252 e. The fourth-order valence-corrected chi connectivity index (χ4v) is 7.82. The van der Waals surface area contributed by atoms with Crippen LogP contribution in [0.25, 0.3) is 0 Å². The highest BCUT2D eigenvalue weighted by Gasteiger charge is 2.30. The minimum atomic E-state index is -4.69. The number of unbranched alkanes of at least 4 members (excludes halogenated alkanes) is 2. The van der Waals surface area contributed by atoms with Gasteiger partial charge in [0.2, 0.25) is 7.51 Å². The molecule has 1 heterocycles. The monoisotopic (exact) mass is 351 g/mol. The standard InChI is InChI=1S/C8H20F2N5O2PS2/c1-3-5-7-11-18(12-8-6-4-2)13-19(9,16)15-20(10,17)14-18/h11-12H,3-8H2,1-2H3/t19-,20+. The first kappa shape index (κ1) is 18.0. The van der Waals surface area contributed by atoms with Gasteiger partial charge in [0.15, 0.2) is 0 Å². The van der Waals surface area contributed by atoms with E-state index in [0.717, 1.165) is 25.7 Å². The van der Waals surface area contributed by atoms with Gasteiger partial charge in [0.05, 0.1) is 0 Å². The van der Waals surface area contributed by atoms with E-state index < -0.39 is 28.1 Å². The molecule has 0 saturated carbocycles. The first-order valence-electron chi connectivity index (χ1n) is 6.34. The number of nitrogens with one attached hydrogen (secondary N) is 2. The van der Waals surface area contributed by atoms with Crippen LogP contribution >= 0.6 is 7.51 Å². The second-order valence-corrected chi connectivity index (χ2v) is 9.69. The van der Waals surface area contributed by atoms with E-state index in [1.54, 1.807) is 0 Å². The predicted molar refractivity (Wildman–Crippen MR) is 78.5 cm³/mol. The van der Waals surface area contributed by atoms with E-state index >= 15 is 0 Å². The molecule has 0 radical (unpaired) electrons. The van der Waals surface area contributed by atoms with Crippen LogP contribution in [0, 0.1) is 0 Å². The van der Waals surface area contributed by atoms with E-state index in [1.165, 1.54) is 0 Å². The van der Waals surface area contributed by atoms with Crippen LogP contribution in [0.15, 0.2) is 12.1 Å². The Hall–Kier alpha value is -0.0900. The molecule has 0 saturated heterocycles. The number of hydrogen-bond donors (Lipinski definition) is 2. The van der Waals surface area contributed by atoms with E-state index in [1.807, 2.05) is 13.8 Å². The van der Waals surface area contributed by atoms with Gasteiger partial charge in [-0.3, -0.25) is 10.2 Å². The van der Waals surface area contributed by atoms with Gasteiger partial charge in [-0.25, -0.2) is 0 Å². The fourth-order valence-electron chi connectivity index (χ4n) is 1.44. The largest absolute Gasteiger partial charge is 0.330 e. The molecule has 120 valence electrons. The van der Waals surface area contributed by atoms with E-state index in [0.29, 0.717) is 13.1 Å². The second-order valence-electron chi connectivity index (χ2n) is 4.23. The van der Waals surface area contributed by atoms with Crippen LogP contribution in [0.4, 0.5) is 7.77 Å². The summed E-state index contributed by atoms with van der Waals surface area (Å²) in [5, 5.41) is 5.55. The third-order valence-corrected chi connectivity index (χ3v) is 8.65. The highest BCUT2D eigenvalue weighted by atomic mass is 32.3. The zero-order valence-corrected chi connectivity index (χ0v) is 13.9. The molecule has 12 heteroatoms. The lowest BCUT2D eigenvalue weighted by Crippen LogP contribution is -2.25. The van der Waals surface area contributed by atoms with Crippen molar-refractivity contribution >= 4 is 28.1 Å². The molecule has 0 fully saturated rings. The Morgan fingerprint density at radius 1 is 1.00 bits per heavy atom. The van der Waals surface area contributed by atoms with E-state index in [2.05, 4.69) is 22.2 Å². The van der Waals surface area contributed by atoms with Gasteiger partial charge in [0, 0.05) is 13.1 Å². The Morgan fingerprint density at radius 2 is 1.50 bits per heavy atom. The van der Waals surface area contributed by atoms with Gasteiger partial charge in [0.25, 0.3) is 0 Å². The molecule has 20 heavy (non-hydrogen) atoms. The Balaban J connectivity index is 3.14. The lowest BCUT2D eigenvalue weighted by Gasteiger charge is -2.23. The molecule has 2 N–H and O–H groups in total. The van der Waals surface area contributed by atoms with Gasteiger partial charge < -0.3 is 0 Å². The van der Waals surface area contributed by atoms with Gasteiger partial charge in [-0.15, -0.1) is 16.1 Å². The lowest BCUT2D eigenvalue weighted by atomic mass is 10.3. The van der Waals surface area contributed by atoms with Crippen molar-refractivity contribution in [3.63, 3.8) is 0 Å². The topological polar surface area (TPSA) is 95.3 Å². The molecular weight excluding hydrogens is 331 g/mol. The Labute approximate surface area is 119 Å². The van der Waals surface area contributed by atoms with Gasteiger partial charge in [0.1, 0.15) is 0 Å². The smallest absolute Gasteiger partial charge is 0.252 e. The molecule has 2 atom stereocenters. The predicted octanol–water partition coefficient (Wildman–Crippen LogP) is 3.26. The molecule has 7 nitrogen and oxygen atoms in total. The Morgan fingerprint density at radius 3 is 1.90 bits per heavy atom. The second kappa shape index (κ2) is 7.26. The molecule has 0 spiro atoms. The summed E-state index contributed by atoms with van der Waals surface area (Å²) >= 11 is 0. The van der Waals surface area contributed by atoms with Crippen molar-refractivity contribution in [2.45, 2.75) is 39.5 Å². The summed E-state index contributed by atoms with van der Waals surface area (Å²) in [6.45, 7) is 4.64. The summed E-state index contributed by atoms with van der Waals surface area (Å²) in [5.41, 5.74) is 0. The van der Waals surface area contributed by atoms with E-state index in [-0.39, 0.29) is 0 Å². The van der Waals surface area contributed by atoms with Crippen molar-refractivity contribution in [1.29, 1.82) is 0 Å². The molecular formula is C8H20F2N5O2PS2. The van der Waals surface area contributed by atoms with Crippen molar-refractivity contribution in [2.75, 3.05) is 13.1 Å². The zero-order valence-electron chi connectivity index (χ0n) is 11.4. The third kappa shape index (κ3) is 5.72. The fraction of sp³-hybridized carbons (Fsp3) is 1.00.